The summed E-state index contributed by atoms with van der Waals surface area (Å²) < 4.78 is 5.19. The van der Waals surface area contributed by atoms with Crippen LogP contribution in [0.2, 0.25) is 0 Å². The molecule has 0 spiro atoms. The number of carbonyl (C=O) groups is 2. The quantitative estimate of drug-likeness (QED) is 0.693. The number of ether oxygens (including phenoxy) is 1. The van der Waals surface area contributed by atoms with E-state index in [-0.39, 0.29) is 22.0 Å². The molecule has 2 aromatic carbocycles. The van der Waals surface area contributed by atoms with E-state index in [0.717, 1.165) is 5.56 Å². The minimum absolute atomic E-state index is 0.00241. The lowest BCUT2D eigenvalue weighted by Crippen LogP contribution is -2.34. The number of nitrogens with one attached hydrogen (secondary N) is 2. The highest BCUT2D eigenvalue weighted by Crippen LogP contribution is 2.25. The van der Waals surface area contributed by atoms with E-state index in [2.05, 4.69) is 31.4 Å². The molecule has 7 heteroatoms. The van der Waals surface area contributed by atoms with Gasteiger partial charge in [0.2, 0.25) is 0 Å². The molecule has 0 aliphatic carbocycles. The van der Waals surface area contributed by atoms with Gasteiger partial charge in [-0.1, -0.05) is 32.9 Å². The molecule has 2 aromatic rings. The van der Waals surface area contributed by atoms with Gasteiger partial charge in [-0.25, -0.2) is 4.79 Å². The molecule has 3 N–H and O–H groups in total. The van der Waals surface area contributed by atoms with Crippen molar-refractivity contribution in [1.29, 1.82) is 0 Å². The molecule has 0 saturated carbocycles. The van der Waals surface area contributed by atoms with Crippen LogP contribution in [0.4, 0.5) is 5.69 Å². The van der Waals surface area contributed by atoms with Gasteiger partial charge >= 0.3 is 5.97 Å². The number of benzene rings is 2. The van der Waals surface area contributed by atoms with Crippen molar-refractivity contribution >= 4 is 34.9 Å². The Morgan fingerprint density at radius 2 is 1.63 bits per heavy atom. The summed E-state index contributed by atoms with van der Waals surface area (Å²) in [6.45, 7) is 6.29. The molecule has 1 amide bonds. The van der Waals surface area contributed by atoms with Gasteiger partial charge in [0.1, 0.15) is 5.75 Å². The van der Waals surface area contributed by atoms with Crippen LogP contribution >= 0.6 is 12.2 Å². The van der Waals surface area contributed by atoms with Crippen LogP contribution in [0.5, 0.6) is 5.75 Å². The van der Waals surface area contributed by atoms with Gasteiger partial charge in [0.15, 0.2) is 5.11 Å². The number of thiocarbonyl (C=S) groups is 1. The molecular weight excluding hydrogens is 364 g/mol. The second kappa shape index (κ2) is 8.18. The van der Waals surface area contributed by atoms with Gasteiger partial charge in [0.25, 0.3) is 5.91 Å². The van der Waals surface area contributed by atoms with Gasteiger partial charge in [-0.3, -0.25) is 10.1 Å². The van der Waals surface area contributed by atoms with Crippen LogP contribution in [0.25, 0.3) is 0 Å². The number of amides is 1. The fourth-order valence-corrected chi connectivity index (χ4v) is 2.59. The molecule has 2 rings (SSSR count). The number of hydrogen-bond acceptors (Lipinski definition) is 4. The smallest absolute Gasteiger partial charge is 0.335 e. The summed E-state index contributed by atoms with van der Waals surface area (Å²) in [4.78, 5) is 23.5. The predicted octanol–water partition coefficient (Wildman–Crippen LogP) is 3.82. The Balaban J connectivity index is 2.10. The maximum absolute atomic E-state index is 12.4. The summed E-state index contributed by atoms with van der Waals surface area (Å²) in [6, 6.07) is 11.6. The van der Waals surface area contributed by atoms with Gasteiger partial charge in [-0.05, 0) is 53.5 Å². The zero-order valence-electron chi connectivity index (χ0n) is 15.6. The van der Waals surface area contributed by atoms with E-state index in [4.69, 9.17) is 22.1 Å². The largest absolute Gasteiger partial charge is 0.495 e. The van der Waals surface area contributed by atoms with Crippen LogP contribution in [0.1, 0.15) is 47.1 Å². The molecule has 142 valence electrons. The second-order valence-electron chi connectivity index (χ2n) is 6.96. The van der Waals surface area contributed by atoms with Gasteiger partial charge in [-0.15, -0.1) is 0 Å². The molecular formula is C20H22N2O4S. The first-order chi connectivity index (χ1) is 12.6. The van der Waals surface area contributed by atoms with Gasteiger partial charge in [0, 0.05) is 5.56 Å². The van der Waals surface area contributed by atoms with Crippen LogP contribution in [-0.4, -0.2) is 29.2 Å². The normalized spacial score (nSPS) is 10.8. The topological polar surface area (TPSA) is 87.7 Å². The second-order valence-corrected chi connectivity index (χ2v) is 7.36. The Morgan fingerprint density at radius 3 is 2.15 bits per heavy atom. The number of aromatic carboxylic acids is 1. The highest BCUT2D eigenvalue weighted by molar-refractivity contribution is 7.80. The number of methoxy groups -OCH3 is 1. The fraction of sp³-hybridized carbons (Fsp3) is 0.250. The zero-order valence-corrected chi connectivity index (χ0v) is 16.4. The number of carbonyl (C=O) groups excluding carboxylic acids is 1. The van der Waals surface area contributed by atoms with E-state index in [9.17, 15) is 9.59 Å². The van der Waals surface area contributed by atoms with Crippen molar-refractivity contribution in [3.05, 3.63) is 59.2 Å². The lowest BCUT2D eigenvalue weighted by molar-refractivity contribution is 0.0696. The molecule has 0 fully saturated rings. The molecule has 0 saturated heterocycles. The van der Waals surface area contributed by atoms with Gasteiger partial charge < -0.3 is 15.2 Å². The van der Waals surface area contributed by atoms with Crippen LogP contribution in [0.3, 0.4) is 0 Å². The number of carboxylic acids is 1. The molecule has 0 aliphatic rings. The van der Waals surface area contributed by atoms with Crippen molar-refractivity contribution in [3.63, 3.8) is 0 Å². The summed E-state index contributed by atoms with van der Waals surface area (Å²) in [5.41, 5.74) is 2.02. The van der Waals surface area contributed by atoms with Crippen molar-refractivity contribution in [3.8, 4) is 5.75 Å². The molecule has 0 radical (unpaired) electrons. The molecule has 0 bridgehead atoms. The SMILES string of the molecule is COc1ccc(C(=O)O)cc1NC(=S)NC(=O)c1ccc(C(C)(C)C)cc1. The molecule has 27 heavy (non-hydrogen) atoms. The first kappa shape index (κ1) is 20.4. The molecule has 0 atom stereocenters. The summed E-state index contributed by atoms with van der Waals surface area (Å²) in [5, 5.41) is 14.5. The third-order valence-electron chi connectivity index (χ3n) is 3.93. The fourth-order valence-electron chi connectivity index (χ4n) is 2.39. The Labute approximate surface area is 163 Å². The van der Waals surface area contributed by atoms with E-state index in [1.807, 2.05) is 12.1 Å². The van der Waals surface area contributed by atoms with Crippen molar-refractivity contribution < 1.29 is 19.4 Å². The highest BCUT2D eigenvalue weighted by atomic mass is 32.1. The third kappa shape index (κ3) is 5.27. The predicted molar refractivity (Wildman–Crippen MR) is 109 cm³/mol. The van der Waals surface area contributed by atoms with Gasteiger partial charge in [-0.2, -0.15) is 0 Å². The van der Waals surface area contributed by atoms with Crippen molar-refractivity contribution in [2.45, 2.75) is 26.2 Å². The summed E-state index contributed by atoms with van der Waals surface area (Å²) in [7, 11) is 1.46. The van der Waals surface area contributed by atoms with Crippen LogP contribution < -0.4 is 15.4 Å². The van der Waals surface area contributed by atoms with Crippen molar-refractivity contribution in [2.75, 3.05) is 12.4 Å². The first-order valence-electron chi connectivity index (χ1n) is 8.26. The average Bonchev–Trinajstić information content (AvgIpc) is 2.60. The van der Waals surface area contributed by atoms with Crippen molar-refractivity contribution in [2.24, 2.45) is 0 Å². The Hall–Kier alpha value is -2.93. The Morgan fingerprint density at radius 1 is 1.04 bits per heavy atom. The summed E-state index contributed by atoms with van der Waals surface area (Å²) in [6.07, 6.45) is 0. The maximum atomic E-state index is 12.4. The number of hydrogen-bond donors (Lipinski definition) is 3. The van der Waals surface area contributed by atoms with E-state index in [0.29, 0.717) is 17.0 Å². The number of carboxylic acid groups (broad SMARTS) is 1. The van der Waals surface area contributed by atoms with E-state index in [1.165, 1.54) is 25.3 Å². The molecule has 0 heterocycles. The Kier molecular flexibility index (Phi) is 6.17. The maximum Gasteiger partial charge on any atom is 0.335 e. The van der Waals surface area contributed by atoms with Gasteiger partial charge in [0.05, 0.1) is 18.4 Å². The Bertz CT molecular complexity index is 871. The highest BCUT2D eigenvalue weighted by Gasteiger charge is 2.15. The minimum Gasteiger partial charge on any atom is -0.495 e. The van der Waals surface area contributed by atoms with E-state index >= 15 is 0 Å². The lowest BCUT2D eigenvalue weighted by atomic mass is 9.87. The average molecular weight is 386 g/mol. The monoisotopic (exact) mass is 386 g/mol. The third-order valence-corrected chi connectivity index (χ3v) is 4.14. The number of rotatable bonds is 4. The molecule has 0 aromatic heterocycles. The summed E-state index contributed by atoms with van der Waals surface area (Å²) in [5.74, 6) is -1.03. The van der Waals surface area contributed by atoms with Crippen LogP contribution in [0, 0.1) is 0 Å². The number of anilines is 1. The lowest BCUT2D eigenvalue weighted by Gasteiger charge is -2.19. The van der Waals surface area contributed by atoms with Crippen molar-refractivity contribution in [1.82, 2.24) is 5.32 Å². The van der Waals surface area contributed by atoms with Crippen LogP contribution in [0.15, 0.2) is 42.5 Å². The first-order valence-corrected chi connectivity index (χ1v) is 8.67. The minimum atomic E-state index is -1.07. The molecule has 0 unspecified atom stereocenters. The standard InChI is InChI=1S/C20H22N2O4S/c1-20(2,3)14-8-5-12(6-9-14)17(23)22-19(27)21-15-11-13(18(24)25)7-10-16(15)26-4/h5-11H,1-4H3,(H,24,25)(H2,21,22,23,27). The van der Waals surface area contributed by atoms with Crippen LogP contribution in [-0.2, 0) is 5.41 Å². The molecule has 0 aliphatic heterocycles. The van der Waals surface area contributed by atoms with E-state index in [1.54, 1.807) is 12.1 Å². The molecule has 6 nitrogen and oxygen atoms in total. The van der Waals surface area contributed by atoms with E-state index < -0.39 is 5.97 Å². The summed E-state index contributed by atoms with van der Waals surface area (Å²) >= 11 is 5.17. The zero-order chi connectivity index (χ0) is 20.2.